The van der Waals surface area contributed by atoms with Gasteiger partial charge in [0.05, 0.1) is 5.69 Å². The van der Waals surface area contributed by atoms with E-state index in [1.54, 1.807) is 10.8 Å². The van der Waals surface area contributed by atoms with E-state index in [2.05, 4.69) is 15.2 Å². The van der Waals surface area contributed by atoms with Crippen molar-refractivity contribution in [3.05, 3.63) is 59.0 Å². The Morgan fingerprint density at radius 3 is 2.69 bits per heavy atom. The van der Waals surface area contributed by atoms with Crippen LogP contribution in [0.25, 0.3) is 17.5 Å². The van der Waals surface area contributed by atoms with Crippen molar-refractivity contribution >= 4 is 12.0 Å². The highest BCUT2D eigenvalue weighted by Crippen LogP contribution is 2.17. The van der Waals surface area contributed by atoms with Gasteiger partial charge in [-0.2, -0.15) is 10.1 Å². The molecule has 0 N–H and O–H groups in total. The lowest BCUT2D eigenvalue weighted by Gasteiger charge is -1.97. The van der Waals surface area contributed by atoms with Crippen molar-refractivity contribution in [2.45, 2.75) is 20.5 Å². The highest BCUT2D eigenvalue weighted by molar-refractivity contribution is 5.87. The van der Waals surface area contributed by atoms with Gasteiger partial charge in [-0.15, -0.1) is 0 Å². The predicted octanol–water partition coefficient (Wildman–Crippen LogP) is 2.98. The van der Waals surface area contributed by atoms with Crippen LogP contribution in [0.3, 0.4) is 0 Å². The molecular weight excluding hydrogens is 339 g/mol. The van der Waals surface area contributed by atoms with Crippen molar-refractivity contribution in [3.63, 3.8) is 0 Å². The number of esters is 1. The van der Waals surface area contributed by atoms with E-state index in [9.17, 15) is 9.18 Å². The Morgan fingerprint density at radius 2 is 2.04 bits per heavy atom. The maximum absolute atomic E-state index is 12.9. The quantitative estimate of drug-likeness (QED) is 0.516. The molecule has 134 valence electrons. The van der Waals surface area contributed by atoms with E-state index in [1.807, 2.05) is 20.9 Å². The van der Waals surface area contributed by atoms with Crippen LogP contribution in [-0.4, -0.2) is 25.9 Å². The number of hydrogen-bond donors (Lipinski definition) is 0. The minimum Gasteiger partial charge on any atom is -0.452 e. The summed E-state index contributed by atoms with van der Waals surface area (Å²) in [6.45, 7) is 3.64. The lowest BCUT2D eigenvalue weighted by atomic mass is 10.2. The number of ether oxygens (including phenoxy) is 1. The first-order valence-corrected chi connectivity index (χ1v) is 7.87. The number of nitrogens with zero attached hydrogens (tertiary/aromatic N) is 4. The van der Waals surface area contributed by atoms with Crippen molar-refractivity contribution in [3.8, 4) is 11.4 Å². The van der Waals surface area contributed by atoms with Gasteiger partial charge in [-0.05, 0) is 44.2 Å². The summed E-state index contributed by atoms with van der Waals surface area (Å²) in [5.74, 6) is -0.431. The fourth-order valence-corrected chi connectivity index (χ4v) is 2.39. The number of aromatic nitrogens is 4. The van der Waals surface area contributed by atoms with Crippen LogP contribution in [0.4, 0.5) is 4.39 Å². The first-order valence-electron chi connectivity index (χ1n) is 7.87. The van der Waals surface area contributed by atoms with Gasteiger partial charge in [0.25, 0.3) is 5.89 Å². The molecule has 8 heteroatoms. The van der Waals surface area contributed by atoms with Gasteiger partial charge in [-0.25, -0.2) is 9.18 Å². The van der Waals surface area contributed by atoms with Gasteiger partial charge >= 0.3 is 5.97 Å². The van der Waals surface area contributed by atoms with Gasteiger partial charge in [-0.3, -0.25) is 4.68 Å². The normalized spacial score (nSPS) is 11.2. The zero-order valence-electron chi connectivity index (χ0n) is 14.6. The molecule has 0 amide bonds. The number of hydrogen-bond acceptors (Lipinski definition) is 6. The van der Waals surface area contributed by atoms with Gasteiger partial charge < -0.3 is 9.26 Å². The van der Waals surface area contributed by atoms with Crippen molar-refractivity contribution in [2.24, 2.45) is 7.05 Å². The zero-order valence-corrected chi connectivity index (χ0v) is 14.6. The van der Waals surface area contributed by atoms with Crippen molar-refractivity contribution in [1.82, 2.24) is 19.9 Å². The molecule has 2 aromatic heterocycles. The van der Waals surface area contributed by atoms with Crippen molar-refractivity contribution < 1.29 is 18.4 Å². The zero-order chi connectivity index (χ0) is 18.7. The molecular formula is C18H17FN4O3. The van der Waals surface area contributed by atoms with Gasteiger partial charge in [0.15, 0.2) is 6.61 Å². The number of rotatable bonds is 5. The van der Waals surface area contributed by atoms with E-state index >= 15 is 0 Å². The summed E-state index contributed by atoms with van der Waals surface area (Å²) in [5.41, 5.74) is 3.26. The first kappa shape index (κ1) is 17.5. The Hall–Kier alpha value is -3.29. The first-order chi connectivity index (χ1) is 12.4. The Kier molecular flexibility index (Phi) is 4.92. The lowest BCUT2D eigenvalue weighted by molar-refractivity contribution is -0.139. The van der Waals surface area contributed by atoms with Crippen LogP contribution in [-0.2, 0) is 23.2 Å². The van der Waals surface area contributed by atoms with Crippen LogP contribution in [0.1, 0.15) is 22.8 Å². The molecule has 1 aromatic carbocycles. The van der Waals surface area contributed by atoms with Crippen LogP contribution < -0.4 is 0 Å². The minimum atomic E-state index is -0.533. The van der Waals surface area contributed by atoms with Crippen LogP contribution in [0.2, 0.25) is 0 Å². The lowest BCUT2D eigenvalue weighted by Crippen LogP contribution is -2.01. The molecule has 26 heavy (non-hydrogen) atoms. The van der Waals surface area contributed by atoms with Crippen molar-refractivity contribution in [1.29, 1.82) is 0 Å². The van der Waals surface area contributed by atoms with Gasteiger partial charge in [0.1, 0.15) is 5.82 Å². The molecule has 0 aliphatic rings. The van der Waals surface area contributed by atoms with E-state index in [-0.39, 0.29) is 18.3 Å². The minimum absolute atomic E-state index is 0.150. The molecule has 0 radical (unpaired) electrons. The molecule has 0 saturated heterocycles. The standard InChI is InChI=1S/C18H17FN4O3/c1-11-15(12(2)23(3)21-11)8-9-17(24)25-10-16-20-18(22-26-16)13-4-6-14(19)7-5-13/h4-9H,10H2,1-3H3/b9-8+. The summed E-state index contributed by atoms with van der Waals surface area (Å²) in [4.78, 5) is 16.0. The smallest absolute Gasteiger partial charge is 0.331 e. The maximum atomic E-state index is 12.9. The second-order valence-corrected chi connectivity index (χ2v) is 5.67. The number of benzene rings is 1. The van der Waals surface area contributed by atoms with E-state index in [1.165, 1.54) is 30.3 Å². The van der Waals surface area contributed by atoms with E-state index in [0.29, 0.717) is 11.4 Å². The fraction of sp³-hybridized carbons (Fsp3) is 0.222. The molecule has 3 rings (SSSR count). The molecule has 0 saturated carbocycles. The number of carbonyl (C=O) groups excluding carboxylic acids is 1. The highest BCUT2D eigenvalue weighted by atomic mass is 19.1. The maximum Gasteiger partial charge on any atom is 0.331 e. The molecule has 3 aromatic rings. The van der Waals surface area contributed by atoms with E-state index in [4.69, 9.17) is 9.26 Å². The molecule has 0 fully saturated rings. The van der Waals surface area contributed by atoms with Crippen LogP contribution in [0.15, 0.2) is 34.9 Å². The molecule has 0 aliphatic carbocycles. The molecule has 7 nitrogen and oxygen atoms in total. The third kappa shape index (κ3) is 3.85. The highest BCUT2D eigenvalue weighted by Gasteiger charge is 2.11. The third-order valence-electron chi connectivity index (χ3n) is 3.86. The summed E-state index contributed by atoms with van der Waals surface area (Å²) in [5, 5.41) is 8.06. The van der Waals surface area contributed by atoms with Crippen LogP contribution in [0, 0.1) is 19.7 Å². The number of carbonyl (C=O) groups is 1. The Morgan fingerprint density at radius 1 is 1.31 bits per heavy atom. The average Bonchev–Trinajstić information content (AvgIpc) is 3.18. The topological polar surface area (TPSA) is 83.0 Å². The molecule has 0 bridgehead atoms. The summed E-state index contributed by atoms with van der Waals surface area (Å²) >= 11 is 0. The molecule has 0 atom stereocenters. The summed E-state index contributed by atoms with van der Waals surface area (Å²) in [7, 11) is 1.84. The Bertz CT molecular complexity index is 957. The van der Waals surface area contributed by atoms with E-state index < -0.39 is 5.97 Å². The predicted molar refractivity (Wildman–Crippen MR) is 91.2 cm³/mol. The Labute approximate surface area is 149 Å². The fourth-order valence-electron chi connectivity index (χ4n) is 2.39. The molecule has 0 unspecified atom stereocenters. The van der Waals surface area contributed by atoms with Gasteiger partial charge in [0, 0.05) is 29.9 Å². The second-order valence-electron chi connectivity index (χ2n) is 5.67. The molecule has 2 heterocycles. The average molecular weight is 356 g/mol. The monoisotopic (exact) mass is 356 g/mol. The summed E-state index contributed by atoms with van der Waals surface area (Å²) in [6, 6.07) is 5.69. The van der Waals surface area contributed by atoms with Gasteiger partial charge in [0.2, 0.25) is 5.82 Å². The number of halogens is 1. The Balaban J connectivity index is 1.60. The third-order valence-corrected chi connectivity index (χ3v) is 3.86. The summed E-state index contributed by atoms with van der Waals surface area (Å²) < 4.78 is 24.8. The molecule has 0 aliphatic heterocycles. The van der Waals surface area contributed by atoms with Crippen LogP contribution in [0.5, 0.6) is 0 Å². The van der Waals surface area contributed by atoms with Crippen LogP contribution >= 0.6 is 0 Å². The van der Waals surface area contributed by atoms with Gasteiger partial charge in [-0.1, -0.05) is 5.16 Å². The SMILES string of the molecule is Cc1nn(C)c(C)c1/C=C/C(=O)OCc1nc(-c2ccc(F)cc2)no1. The van der Waals surface area contributed by atoms with E-state index in [0.717, 1.165) is 17.0 Å². The largest absolute Gasteiger partial charge is 0.452 e. The molecule has 0 spiro atoms. The number of aryl methyl sites for hydroxylation is 2. The second kappa shape index (κ2) is 7.30. The van der Waals surface area contributed by atoms with Crippen molar-refractivity contribution in [2.75, 3.05) is 0 Å². The summed E-state index contributed by atoms with van der Waals surface area (Å²) in [6.07, 6.45) is 2.99.